The standard InChI is InChI=1S/C15H31N3O2/c1-6-15(2,3)14(20)17(5)11-13(19)12-18-9-7-16(4)8-10-18/h13,19H,6-12H2,1-5H3. The Labute approximate surface area is 123 Å². The lowest BCUT2D eigenvalue weighted by Gasteiger charge is -2.35. The van der Waals surface area contributed by atoms with E-state index in [2.05, 4.69) is 16.8 Å². The molecule has 1 saturated heterocycles. The zero-order chi connectivity index (χ0) is 15.3. The molecule has 0 aromatic rings. The molecule has 5 heteroatoms. The van der Waals surface area contributed by atoms with Crippen LogP contribution in [0.2, 0.25) is 0 Å². The molecule has 1 heterocycles. The van der Waals surface area contributed by atoms with Gasteiger partial charge in [0, 0.05) is 51.7 Å². The van der Waals surface area contributed by atoms with E-state index in [4.69, 9.17) is 0 Å². The van der Waals surface area contributed by atoms with Crippen molar-refractivity contribution in [3.8, 4) is 0 Å². The fourth-order valence-electron chi connectivity index (χ4n) is 2.45. The molecule has 1 N–H and O–H groups in total. The van der Waals surface area contributed by atoms with Crippen LogP contribution in [0.4, 0.5) is 0 Å². The lowest BCUT2D eigenvalue weighted by Crippen LogP contribution is -2.49. The number of β-amino-alcohol motifs (C(OH)–C–C–N with tert-alkyl or cyclic N) is 1. The highest BCUT2D eigenvalue weighted by atomic mass is 16.3. The maximum absolute atomic E-state index is 12.3. The number of piperazine rings is 1. The molecule has 118 valence electrons. The van der Waals surface area contributed by atoms with Gasteiger partial charge in [-0.15, -0.1) is 0 Å². The van der Waals surface area contributed by atoms with Gasteiger partial charge in [0.25, 0.3) is 0 Å². The summed E-state index contributed by atoms with van der Waals surface area (Å²) < 4.78 is 0. The van der Waals surface area contributed by atoms with Crippen LogP contribution in [0.5, 0.6) is 0 Å². The number of amides is 1. The van der Waals surface area contributed by atoms with E-state index in [0.717, 1.165) is 32.6 Å². The van der Waals surface area contributed by atoms with Crippen LogP contribution in [0, 0.1) is 5.41 Å². The Bertz CT molecular complexity index is 312. The number of hydrogen-bond donors (Lipinski definition) is 1. The number of aliphatic hydroxyl groups is 1. The summed E-state index contributed by atoms with van der Waals surface area (Å²) in [5, 5.41) is 10.2. The van der Waals surface area contributed by atoms with Crippen LogP contribution < -0.4 is 0 Å². The van der Waals surface area contributed by atoms with Crippen molar-refractivity contribution in [2.24, 2.45) is 5.41 Å². The van der Waals surface area contributed by atoms with Crippen LogP contribution in [0.25, 0.3) is 0 Å². The smallest absolute Gasteiger partial charge is 0.228 e. The summed E-state index contributed by atoms with van der Waals surface area (Å²) in [6.45, 7) is 11.1. The van der Waals surface area contributed by atoms with Gasteiger partial charge in [-0.05, 0) is 13.5 Å². The van der Waals surface area contributed by atoms with E-state index in [0.29, 0.717) is 13.1 Å². The number of aliphatic hydroxyl groups excluding tert-OH is 1. The van der Waals surface area contributed by atoms with Crippen LogP contribution in [-0.4, -0.2) is 85.2 Å². The number of likely N-dealkylation sites (N-methyl/N-ethyl adjacent to an activating group) is 2. The molecule has 0 aliphatic carbocycles. The highest BCUT2D eigenvalue weighted by molar-refractivity contribution is 5.81. The summed E-state index contributed by atoms with van der Waals surface area (Å²) in [5.74, 6) is 0.109. The van der Waals surface area contributed by atoms with Crippen LogP contribution in [0.15, 0.2) is 0 Å². The first-order valence-electron chi connectivity index (χ1n) is 7.60. The summed E-state index contributed by atoms with van der Waals surface area (Å²) >= 11 is 0. The third kappa shape index (κ3) is 5.04. The molecule has 0 aromatic heterocycles. The predicted octanol–water partition coefficient (Wildman–Crippen LogP) is 0.489. The Morgan fingerprint density at radius 2 is 1.85 bits per heavy atom. The Morgan fingerprint density at radius 3 is 2.35 bits per heavy atom. The Hall–Kier alpha value is -0.650. The van der Waals surface area contributed by atoms with Crippen LogP contribution in [0.3, 0.4) is 0 Å². The Kier molecular flexibility index (Phi) is 6.43. The molecule has 5 nitrogen and oxygen atoms in total. The number of nitrogens with zero attached hydrogens (tertiary/aromatic N) is 3. The minimum Gasteiger partial charge on any atom is -0.390 e. The number of carbonyl (C=O) groups excluding carboxylic acids is 1. The predicted molar refractivity (Wildman–Crippen MR) is 81.7 cm³/mol. The molecule has 0 saturated carbocycles. The molecule has 1 rings (SSSR count). The quantitative estimate of drug-likeness (QED) is 0.771. The molecular weight excluding hydrogens is 254 g/mol. The molecule has 1 aliphatic rings. The largest absolute Gasteiger partial charge is 0.390 e. The topological polar surface area (TPSA) is 47.0 Å². The van der Waals surface area contributed by atoms with E-state index in [9.17, 15) is 9.90 Å². The molecule has 0 aromatic carbocycles. The molecule has 1 fully saturated rings. The second-order valence-electron chi connectivity index (χ2n) is 6.68. The van der Waals surface area contributed by atoms with E-state index in [1.165, 1.54) is 0 Å². The second kappa shape index (κ2) is 7.38. The van der Waals surface area contributed by atoms with Crippen molar-refractivity contribution in [2.45, 2.75) is 33.3 Å². The Balaban J connectivity index is 2.38. The maximum atomic E-state index is 12.3. The molecule has 1 atom stereocenters. The highest BCUT2D eigenvalue weighted by Crippen LogP contribution is 2.22. The molecule has 0 bridgehead atoms. The molecular formula is C15H31N3O2. The van der Waals surface area contributed by atoms with Crippen molar-refractivity contribution < 1.29 is 9.90 Å². The summed E-state index contributed by atoms with van der Waals surface area (Å²) in [4.78, 5) is 18.5. The van der Waals surface area contributed by atoms with Crippen molar-refractivity contribution in [1.82, 2.24) is 14.7 Å². The van der Waals surface area contributed by atoms with Gasteiger partial charge < -0.3 is 14.9 Å². The summed E-state index contributed by atoms with van der Waals surface area (Å²) in [6, 6.07) is 0. The fraction of sp³-hybridized carbons (Fsp3) is 0.933. The first-order valence-corrected chi connectivity index (χ1v) is 7.60. The average Bonchev–Trinajstić information content (AvgIpc) is 2.40. The van der Waals surface area contributed by atoms with Crippen molar-refractivity contribution in [3.05, 3.63) is 0 Å². The van der Waals surface area contributed by atoms with Gasteiger partial charge in [0.05, 0.1) is 6.10 Å². The molecule has 0 spiro atoms. The lowest BCUT2D eigenvalue weighted by atomic mass is 9.88. The van der Waals surface area contributed by atoms with Crippen molar-refractivity contribution in [1.29, 1.82) is 0 Å². The average molecular weight is 285 g/mol. The number of carbonyl (C=O) groups is 1. The van der Waals surface area contributed by atoms with Crippen molar-refractivity contribution in [2.75, 3.05) is 53.4 Å². The minimum atomic E-state index is -0.472. The van der Waals surface area contributed by atoms with Gasteiger partial charge in [0.1, 0.15) is 0 Å². The number of hydrogen-bond acceptors (Lipinski definition) is 4. The van der Waals surface area contributed by atoms with Crippen molar-refractivity contribution in [3.63, 3.8) is 0 Å². The highest BCUT2D eigenvalue weighted by Gasteiger charge is 2.29. The first kappa shape index (κ1) is 17.4. The minimum absolute atomic E-state index is 0.109. The monoisotopic (exact) mass is 285 g/mol. The lowest BCUT2D eigenvalue weighted by molar-refractivity contribution is -0.140. The van der Waals surface area contributed by atoms with Gasteiger partial charge in [-0.25, -0.2) is 0 Å². The first-order chi connectivity index (χ1) is 9.26. The third-order valence-corrected chi connectivity index (χ3v) is 4.36. The van der Waals surface area contributed by atoms with Gasteiger partial charge >= 0.3 is 0 Å². The van der Waals surface area contributed by atoms with E-state index >= 15 is 0 Å². The SMILES string of the molecule is CCC(C)(C)C(=O)N(C)CC(O)CN1CCN(C)CC1. The van der Waals surface area contributed by atoms with Gasteiger partial charge in [-0.3, -0.25) is 9.69 Å². The van der Waals surface area contributed by atoms with Gasteiger partial charge in [-0.1, -0.05) is 20.8 Å². The van der Waals surface area contributed by atoms with E-state index < -0.39 is 6.10 Å². The van der Waals surface area contributed by atoms with E-state index in [-0.39, 0.29) is 11.3 Å². The summed E-state index contributed by atoms with van der Waals surface area (Å²) in [6.07, 6.45) is 0.338. The fourth-order valence-corrected chi connectivity index (χ4v) is 2.45. The zero-order valence-electron chi connectivity index (χ0n) is 13.7. The van der Waals surface area contributed by atoms with E-state index in [1.807, 2.05) is 20.8 Å². The zero-order valence-corrected chi connectivity index (χ0v) is 13.7. The van der Waals surface area contributed by atoms with Gasteiger partial charge in [0.2, 0.25) is 5.91 Å². The van der Waals surface area contributed by atoms with Crippen molar-refractivity contribution >= 4 is 5.91 Å². The molecule has 1 amide bonds. The van der Waals surface area contributed by atoms with Crippen LogP contribution in [0.1, 0.15) is 27.2 Å². The second-order valence-corrected chi connectivity index (χ2v) is 6.68. The van der Waals surface area contributed by atoms with Gasteiger partial charge in [0.15, 0.2) is 0 Å². The molecule has 20 heavy (non-hydrogen) atoms. The third-order valence-electron chi connectivity index (χ3n) is 4.36. The Morgan fingerprint density at radius 1 is 1.30 bits per heavy atom. The van der Waals surface area contributed by atoms with Gasteiger partial charge in [-0.2, -0.15) is 0 Å². The van der Waals surface area contributed by atoms with Crippen LogP contribution in [-0.2, 0) is 4.79 Å². The maximum Gasteiger partial charge on any atom is 0.228 e. The van der Waals surface area contributed by atoms with Crippen LogP contribution >= 0.6 is 0 Å². The molecule has 1 aliphatic heterocycles. The normalized spacial score (nSPS) is 19.9. The molecule has 0 radical (unpaired) electrons. The summed E-state index contributed by atoms with van der Waals surface area (Å²) in [7, 11) is 3.90. The summed E-state index contributed by atoms with van der Waals surface area (Å²) in [5.41, 5.74) is -0.345. The van der Waals surface area contributed by atoms with E-state index in [1.54, 1.807) is 11.9 Å². The number of rotatable bonds is 6. The molecule has 1 unspecified atom stereocenters.